The lowest BCUT2D eigenvalue weighted by Crippen LogP contribution is -2.16. The summed E-state index contributed by atoms with van der Waals surface area (Å²) in [6.45, 7) is 3.22. The topological polar surface area (TPSA) is 85.4 Å². The van der Waals surface area contributed by atoms with Gasteiger partial charge >= 0.3 is 0 Å². The van der Waals surface area contributed by atoms with E-state index in [2.05, 4.69) is 10.3 Å². The first kappa shape index (κ1) is 18.3. The maximum atomic E-state index is 12.5. The van der Waals surface area contributed by atoms with Gasteiger partial charge in [-0.1, -0.05) is 17.4 Å². The summed E-state index contributed by atoms with van der Waals surface area (Å²) in [5.74, 6) is 0.308. The zero-order chi connectivity index (χ0) is 18.9. The van der Waals surface area contributed by atoms with Gasteiger partial charge in [-0.2, -0.15) is 0 Å². The van der Waals surface area contributed by atoms with E-state index in [0.717, 1.165) is 10.2 Å². The molecule has 0 bridgehead atoms. The molecule has 1 amide bonds. The number of methoxy groups -OCH3 is 1. The second-order valence-electron chi connectivity index (χ2n) is 5.93. The molecule has 0 unspecified atom stereocenters. The Bertz CT molecular complexity index is 1070. The predicted molar refractivity (Wildman–Crippen MR) is 103 cm³/mol. The van der Waals surface area contributed by atoms with Gasteiger partial charge in [0.1, 0.15) is 5.75 Å². The number of carbonyl (C=O) groups excluding carboxylic acids is 1. The standard InChI is InChI=1S/C18H18N2O4S2/c1-11(2)26(22,23)14-6-4-5-12(9-14)17(21)20-18-19-15-8-7-13(24-3)10-16(15)25-18/h4-11H,1-3H3,(H,19,20,21). The summed E-state index contributed by atoms with van der Waals surface area (Å²) >= 11 is 1.32. The van der Waals surface area contributed by atoms with Crippen molar-refractivity contribution in [2.75, 3.05) is 12.4 Å². The third-order valence-electron chi connectivity index (χ3n) is 3.86. The van der Waals surface area contributed by atoms with Gasteiger partial charge in [-0.25, -0.2) is 13.4 Å². The molecule has 6 nitrogen and oxygen atoms in total. The number of aromatic nitrogens is 1. The molecule has 0 aliphatic carbocycles. The highest BCUT2D eigenvalue weighted by molar-refractivity contribution is 7.92. The van der Waals surface area contributed by atoms with Gasteiger partial charge in [0.25, 0.3) is 5.91 Å². The van der Waals surface area contributed by atoms with E-state index in [1.54, 1.807) is 39.2 Å². The molecule has 1 heterocycles. The van der Waals surface area contributed by atoms with Crippen molar-refractivity contribution in [3.63, 3.8) is 0 Å². The molecule has 3 aromatic rings. The van der Waals surface area contributed by atoms with Crippen LogP contribution in [-0.2, 0) is 9.84 Å². The van der Waals surface area contributed by atoms with Crippen LogP contribution in [0.2, 0.25) is 0 Å². The first-order chi connectivity index (χ1) is 12.3. The SMILES string of the molecule is COc1ccc2nc(NC(=O)c3cccc(S(=O)(=O)C(C)C)c3)sc2c1. The van der Waals surface area contributed by atoms with Crippen LogP contribution < -0.4 is 10.1 Å². The van der Waals surface area contributed by atoms with Crippen molar-refractivity contribution in [1.82, 2.24) is 4.98 Å². The Hall–Kier alpha value is -2.45. The summed E-state index contributed by atoms with van der Waals surface area (Å²) in [7, 11) is -1.85. The van der Waals surface area contributed by atoms with Crippen LogP contribution in [0.4, 0.5) is 5.13 Å². The largest absolute Gasteiger partial charge is 0.497 e. The second kappa shape index (κ2) is 7.05. The molecular formula is C18H18N2O4S2. The van der Waals surface area contributed by atoms with Crippen molar-refractivity contribution >= 4 is 42.4 Å². The Morgan fingerprint density at radius 1 is 1.19 bits per heavy atom. The molecule has 26 heavy (non-hydrogen) atoms. The Kier molecular flexibility index (Phi) is 4.97. The number of hydrogen-bond acceptors (Lipinski definition) is 6. The molecule has 8 heteroatoms. The number of benzene rings is 2. The molecule has 1 N–H and O–H groups in total. The molecule has 0 radical (unpaired) electrons. The third-order valence-corrected chi connectivity index (χ3v) is 6.95. The lowest BCUT2D eigenvalue weighted by Gasteiger charge is -2.09. The van der Waals surface area contributed by atoms with Crippen LogP contribution in [0.3, 0.4) is 0 Å². The van der Waals surface area contributed by atoms with Crippen LogP contribution in [0, 0.1) is 0 Å². The average Bonchev–Trinajstić information content (AvgIpc) is 3.02. The number of hydrogen-bond donors (Lipinski definition) is 1. The molecule has 136 valence electrons. The maximum absolute atomic E-state index is 12.5. The molecule has 1 aromatic heterocycles. The number of anilines is 1. The monoisotopic (exact) mass is 390 g/mol. The normalized spacial score (nSPS) is 11.7. The van der Waals surface area contributed by atoms with E-state index in [0.29, 0.717) is 10.9 Å². The van der Waals surface area contributed by atoms with E-state index in [-0.39, 0.29) is 10.5 Å². The number of sulfone groups is 1. The van der Waals surface area contributed by atoms with Gasteiger partial charge in [0, 0.05) is 5.56 Å². The summed E-state index contributed by atoms with van der Waals surface area (Å²) < 4.78 is 30.6. The minimum absolute atomic E-state index is 0.134. The Morgan fingerprint density at radius 3 is 2.65 bits per heavy atom. The lowest BCUT2D eigenvalue weighted by atomic mass is 10.2. The summed E-state index contributed by atoms with van der Waals surface area (Å²) in [5, 5.41) is 2.61. The predicted octanol–water partition coefficient (Wildman–Crippen LogP) is 3.74. The summed E-state index contributed by atoms with van der Waals surface area (Å²) in [6, 6.07) is 11.5. The van der Waals surface area contributed by atoms with E-state index < -0.39 is 21.0 Å². The quantitative estimate of drug-likeness (QED) is 0.717. The second-order valence-corrected chi connectivity index (χ2v) is 9.46. The molecule has 0 aliphatic rings. The van der Waals surface area contributed by atoms with E-state index >= 15 is 0 Å². The van der Waals surface area contributed by atoms with Crippen molar-refractivity contribution in [2.24, 2.45) is 0 Å². The first-order valence-corrected chi connectivity index (χ1v) is 10.3. The van der Waals surface area contributed by atoms with Crippen LogP contribution in [0.1, 0.15) is 24.2 Å². The highest BCUT2D eigenvalue weighted by Crippen LogP contribution is 2.29. The number of nitrogens with zero attached hydrogens (tertiary/aromatic N) is 1. The van der Waals surface area contributed by atoms with Crippen molar-refractivity contribution in [1.29, 1.82) is 0 Å². The Balaban J connectivity index is 1.86. The van der Waals surface area contributed by atoms with Crippen molar-refractivity contribution in [3.05, 3.63) is 48.0 Å². The van der Waals surface area contributed by atoms with Gasteiger partial charge in [-0.05, 0) is 50.2 Å². The average molecular weight is 390 g/mol. The van der Waals surface area contributed by atoms with Crippen LogP contribution in [0.5, 0.6) is 5.75 Å². The smallest absolute Gasteiger partial charge is 0.257 e. The minimum atomic E-state index is -3.44. The van der Waals surface area contributed by atoms with E-state index in [1.165, 1.54) is 23.5 Å². The zero-order valence-corrected chi connectivity index (χ0v) is 16.1. The number of ether oxygens (including phenoxy) is 1. The Labute approximate surface area is 155 Å². The summed E-state index contributed by atoms with van der Waals surface area (Å²) in [4.78, 5) is 17.0. The van der Waals surface area contributed by atoms with Gasteiger partial charge in [0.15, 0.2) is 15.0 Å². The molecule has 2 aromatic carbocycles. The number of nitrogens with one attached hydrogen (secondary N) is 1. The first-order valence-electron chi connectivity index (χ1n) is 7.91. The molecule has 0 fully saturated rings. The fraction of sp³-hybridized carbons (Fsp3) is 0.222. The maximum Gasteiger partial charge on any atom is 0.257 e. The molecule has 3 rings (SSSR count). The van der Waals surface area contributed by atoms with Crippen molar-refractivity contribution in [2.45, 2.75) is 24.0 Å². The number of fused-ring (bicyclic) bond motifs is 1. The highest BCUT2D eigenvalue weighted by atomic mass is 32.2. The van der Waals surface area contributed by atoms with E-state index in [4.69, 9.17) is 4.74 Å². The fourth-order valence-electron chi connectivity index (χ4n) is 2.34. The van der Waals surface area contributed by atoms with Gasteiger partial charge < -0.3 is 4.74 Å². The number of rotatable bonds is 5. The van der Waals surface area contributed by atoms with Gasteiger partial charge in [-0.3, -0.25) is 10.1 Å². The Morgan fingerprint density at radius 2 is 1.96 bits per heavy atom. The van der Waals surface area contributed by atoms with Crippen molar-refractivity contribution in [3.8, 4) is 5.75 Å². The third kappa shape index (κ3) is 3.56. The van der Waals surface area contributed by atoms with Crippen LogP contribution in [0.25, 0.3) is 10.2 Å². The number of carbonyl (C=O) groups is 1. The van der Waals surface area contributed by atoms with Crippen molar-refractivity contribution < 1.29 is 17.9 Å². The van der Waals surface area contributed by atoms with E-state index in [9.17, 15) is 13.2 Å². The van der Waals surface area contributed by atoms with Gasteiger partial charge in [0.2, 0.25) is 0 Å². The molecular weight excluding hydrogens is 372 g/mol. The van der Waals surface area contributed by atoms with Gasteiger partial charge in [-0.15, -0.1) is 0 Å². The van der Waals surface area contributed by atoms with Crippen LogP contribution in [0.15, 0.2) is 47.4 Å². The molecule has 0 atom stereocenters. The van der Waals surface area contributed by atoms with Crippen LogP contribution >= 0.6 is 11.3 Å². The van der Waals surface area contributed by atoms with E-state index in [1.807, 2.05) is 12.1 Å². The zero-order valence-electron chi connectivity index (χ0n) is 14.5. The van der Waals surface area contributed by atoms with Crippen LogP contribution in [-0.4, -0.2) is 31.7 Å². The molecule has 0 saturated carbocycles. The molecule has 0 saturated heterocycles. The lowest BCUT2D eigenvalue weighted by molar-refractivity contribution is 0.102. The fourth-order valence-corrected chi connectivity index (χ4v) is 4.33. The molecule has 0 aliphatic heterocycles. The summed E-state index contributed by atoms with van der Waals surface area (Å²) in [6.07, 6.45) is 0. The number of thiazole rings is 1. The summed E-state index contributed by atoms with van der Waals surface area (Å²) in [5.41, 5.74) is 1.02. The number of amides is 1. The molecule has 0 spiro atoms. The van der Waals surface area contributed by atoms with Gasteiger partial charge in [0.05, 0.1) is 27.5 Å². The minimum Gasteiger partial charge on any atom is -0.497 e. The highest BCUT2D eigenvalue weighted by Gasteiger charge is 2.20.